The molecule has 0 aliphatic carbocycles. The second-order valence-electron chi connectivity index (χ2n) is 8.41. The second kappa shape index (κ2) is 13.1. The quantitative estimate of drug-likeness (QED) is 0.381. The Morgan fingerprint density at radius 1 is 0.609 bits per heavy atom. The summed E-state index contributed by atoms with van der Waals surface area (Å²) in [6.45, 7) is 23.8. The first-order chi connectivity index (χ1) is 10.7. The van der Waals surface area contributed by atoms with Crippen molar-refractivity contribution in [1.29, 1.82) is 0 Å². The summed E-state index contributed by atoms with van der Waals surface area (Å²) in [4.78, 5) is 5.33. The fraction of sp³-hybridized carbons (Fsp3) is 1.00. The Hall–Kier alpha value is 0.790. The second-order valence-corrected chi connectivity index (χ2v) is 19.0. The van der Waals surface area contributed by atoms with E-state index in [2.05, 4.69) is 72.1 Å². The SMILES string of the molecule is C[CH2][In]([CH2]CCN(C(C)C)C(C)C)[CH2]CCN(C(C)C)C(C)C. The van der Waals surface area contributed by atoms with E-state index in [-0.39, 0.29) is 0 Å². The van der Waals surface area contributed by atoms with Crippen molar-refractivity contribution in [2.75, 3.05) is 13.1 Å². The van der Waals surface area contributed by atoms with Crippen LogP contribution in [0.4, 0.5) is 0 Å². The zero-order chi connectivity index (χ0) is 18.0. The van der Waals surface area contributed by atoms with Crippen LogP contribution in [0.5, 0.6) is 0 Å². The predicted octanol–water partition coefficient (Wildman–Crippen LogP) is 5.52. The molecule has 0 aromatic heterocycles. The average molecular weight is 428 g/mol. The summed E-state index contributed by atoms with van der Waals surface area (Å²) >= 11 is -1.24. The van der Waals surface area contributed by atoms with Gasteiger partial charge in [0.2, 0.25) is 0 Å². The molecule has 0 saturated heterocycles. The molecule has 0 saturated carbocycles. The molecule has 0 N–H and O–H groups in total. The van der Waals surface area contributed by atoms with Crippen LogP contribution in [-0.2, 0) is 0 Å². The van der Waals surface area contributed by atoms with Gasteiger partial charge in [-0.05, 0) is 0 Å². The van der Waals surface area contributed by atoms with Gasteiger partial charge < -0.3 is 0 Å². The van der Waals surface area contributed by atoms with Gasteiger partial charge in [-0.25, -0.2) is 0 Å². The monoisotopic (exact) mass is 428 g/mol. The maximum atomic E-state index is 2.66. The van der Waals surface area contributed by atoms with E-state index in [0.717, 1.165) is 0 Å². The van der Waals surface area contributed by atoms with Gasteiger partial charge in [0.25, 0.3) is 0 Å². The molecule has 0 heterocycles. The van der Waals surface area contributed by atoms with Gasteiger partial charge in [0.1, 0.15) is 0 Å². The minimum atomic E-state index is -1.24. The molecule has 0 atom stereocenters. The summed E-state index contributed by atoms with van der Waals surface area (Å²) < 4.78 is 4.77. The molecule has 3 heteroatoms. The zero-order valence-electron chi connectivity index (χ0n) is 17.7. The molecule has 0 amide bonds. The Morgan fingerprint density at radius 2 is 0.913 bits per heavy atom. The van der Waals surface area contributed by atoms with Crippen LogP contribution in [0.25, 0.3) is 0 Å². The Balaban J connectivity index is 4.12. The maximum absolute atomic E-state index is 2.66. The van der Waals surface area contributed by atoms with E-state index in [9.17, 15) is 0 Å². The summed E-state index contributed by atoms with van der Waals surface area (Å²) in [5, 5.41) is 0. The van der Waals surface area contributed by atoms with E-state index in [4.69, 9.17) is 0 Å². The molecule has 0 aromatic rings. The molecule has 0 aromatic carbocycles. The van der Waals surface area contributed by atoms with Crippen molar-refractivity contribution in [1.82, 2.24) is 9.80 Å². The average Bonchev–Trinajstić information content (AvgIpc) is 2.43. The third-order valence-corrected chi connectivity index (χ3v) is 15.6. The Morgan fingerprint density at radius 3 is 1.13 bits per heavy atom. The van der Waals surface area contributed by atoms with Crippen LogP contribution in [-0.4, -0.2) is 68.5 Å². The van der Waals surface area contributed by atoms with Gasteiger partial charge in [-0.1, -0.05) is 0 Å². The molecular weight excluding hydrogens is 383 g/mol. The van der Waals surface area contributed by atoms with Crippen LogP contribution in [0, 0.1) is 0 Å². The third kappa shape index (κ3) is 10.4. The molecule has 0 radical (unpaired) electrons. The van der Waals surface area contributed by atoms with Gasteiger partial charge in [-0.2, -0.15) is 0 Å². The molecule has 2 nitrogen and oxygen atoms in total. The standard InChI is InChI=1S/2C9H20N.C2H5.In/c2*1-6-7-10(8(2)3)9(4)5;1-2;/h2*8-9H,1,6-7H2,2-5H3;1H2,2H3;. The van der Waals surface area contributed by atoms with E-state index in [1.165, 1.54) is 25.9 Å². The molecular formula is C20H45InN2. The van der Waals surface area contributed by atoms with Crippen LogP contribution >= 0.6 is 0 Å². The van der Waals surface area contributed by atoms with Gasteiger partial charge >= 0.3 is 156 Å². The fourth-order valence-electron chi connectivity index (χ4n) is 3.90. The number of rotatable bonds is 13. The summed E-state index contributed by atoms with van der Waals surface area (Å²) in [6, 6.07) is 2.76. The van der Waals surface area contributed by atoms with Crippen LogP contribution in [0.15, 0.2) is 0 Å². The van der Waals surface area contributed by atoms with Crippen LogP contribution in [0.2, 0.25) is 12.5 Å². The van der Waals surface area contributed by atoms with E-state index >= 15 is 0 Å². The topological polar surface area (TPSA) is 6.48 Å². The number of hydrogen-bond donors (Lipinski definition) is 0. The zero-order valence-corrected chi connectivity index (χ0v) is 21.0. The summed E-state index contributed by atoms with van der Waals surface area (Å²) in [5.74, 6) is 0. The molecule has 0 bridgehead atoms. The Labute approximate surface area is 155 Å². The van der Waals surface area contributed by atoms with Crippen LogP contribution in [0.1, 0.15) is 75.2 Å². The van der Waals surface area contributed by atoms with E-state index in [1.807, 2.05) is 0 Å². The van der Waals surface area contributed by atoms with Crippen molar-refractivity contribution < 1.29 is 0 Å². The fourth-order valence-corrected chi connectivity index (χ4v) is 11.4. The molecule has 0 aliphatic heterocycles. The van der Waals surface area contributed by atoms with Gasteiger partial charge in [-0.3, -0.25) is 0 Å². The molecule has 138 valence electrons. The van der Waals surface area contributed by atoms with Crippen LogP contribution in [0.3, 0.4) is 0 Å². The molecule has 0 fully saturated rings. The molecule has 0 aliphatic rings. The van der Waals surface area contributed by atoms with Gasteiger partial charge in [0.05, 0.1) is 0 Å². The first-order valence-corrected chi connectivity index (χ1v) is 17.2. The normalized spacial score (nSPS) is 12.7. The summed E-state index contributed by atoms with van der Waals surface area (Å²) in [7, 11) is 0. The van der Waals surface area contributed by atoms with Crippen molar-refractivity contribution in [3.63, 3.8) is 0 Å². The van der Waals surface area contributed by atoms with Gasteiger partial charge in [-0.15, -0.1) is 0 Å². The van der Waals surface area contributed by atoms with Gasteiger partial charge in [0, 0.05) is 0 Å². The minimum absolute atomic E-state index is 0.691. The molecule has 0 rings (SSSR count). The van der Waals surface area contributed by atoms with Crippen molar-refractivity contribution in [3.8, 4) is 0 Å². The van der Waals surface area contributed by atoms with E-state index < -0.39 is 21.4 Å². The van der Waals surface area contributed by atoms with E-state index in [1.54, 1.807) is 12.5 Å². The predicted molar refractivity (Wildman–Crippen MR) is 109 cm³/mol. The molecule has 0 unspecified atom stereocenters. The van der Waals surface area contributed by atoms with Crippen molar-refractivity contribution in [3.05, 3.63) is 0 Å². The molecule has 23 heavy (non-hydrogen) atoms. The number of nitrogens with zero attached hydrogens (tertiary/aromatic N) is 2. The molecule has 0 spiro atoms. The van der Waals surface area contributed by atoms with E-state index in [0.29, 0.717) is 24.2 Å². The summed E-state index contributed by atoms with van der Waals surface area (Å²) in [6.07, 6.45) is 2.89. The van der Waals surface area contributed by atoms with Crippen molar-refractivity contribution >= 4 is 21.4 Å². The first-order valence-electron chi connectivity index (χ1n) is 10.2. The van der Waals surface area contributed by atoms with Crippen molar-refractivity contribution in [2.24, 2.45) is 0 Å². The Bertz CT molecular complexity index is 235. The van der Waals surface area contributed by atoms with Gasteiger partial charge in [0.15, 0.2) is 0 Å². The number of hydrogen-bond acceptors (Lipinski definition) is 2. The van der Waals surface area contributed by atoms with Crippen LogP contribution < -0.4 is 0 Å². The Kier molecular flexibility index (Phi) is 13.5. The first kappa shape index (κ1) is 23.8. The van der Waals surface area contributed by atoms with Crippen molar-refractivity contribution in [2.45, 2.75) is 112 Å². The summed E-state index contributed by atoms with van der Waals surface area (Å²) in [5.41, 5.74) is 0. The third-order valence-electron chi connectivity index (χ3n) is 5.29.